The van der Waals surface area contributed by atoms with Gasteiger partial charge in [0.2, 0.25) is 0 Å². The normalized spacial score (nSPS) is 17.0. The molecule has 1 saturated carbocycles. The van der Waals surface area contributed by atoms with Crippen LogP contribution in [-0.4, -0.2) is 11.1 Å². The lowest BCUT2D eigenvalue weighted by Gasteiger charge is -2.14. The van der Waals surface area contributed by atoms with Crippen LogP contribution >= 0.6 is 15.9 Å². The first-order valence-electron chi connectivity index (χ1n) is 5.56. The summed E-state index contributed by atoms with van der Waals surface area (Å²) >= 11 is 3.46. The molecule has 0 unspecified atom stereocenters. The van der Waals surface area contributed by atoms with Gasteiger partial charge in [0.25, 0.3) is 0 Å². The van der Waals surface area contributed by atoms with E-state index in [-0.39, 0.29) is 0 Å². The van der Waals surface area contributed by atoms with E-state index in [4.69, 9.17) is 0 Å². The summed E-state index contributed by atoms with van der Waals surface area (Å²) in [6, 6.07) is 11.9. The molecule has 1 aliphatic rings. The average Bonchev–Trinajstić information content (AvgIpc) is 3.09. The maximum atomic E-state index is 11.4. The van der Waals surface area contributed by atoms with E-state index in [1.54, 1.807) is 0 Å². The Kier molecular flexibility index (Phi) is 2.26. The molecule has 0 spiro atoms. The predicted octanol–water partition coefficient (Wildman–Crippen LogP) is 3.72. The summed E-state index contributed by atoms with van der Waals surface area (Å²) < 4.78 is 0.943. The van der Waals surface area contributed by atoms with Crippen LogP contribution in [0.15, 0.2) is 40.9 Å². The van der Waals surface area contributed by atoms with E-state index < -0.39 is 11.4 Å². The van der Waals surface area contributed by atoms with E-state index in [0.29, 0.717) is 0 Å². The molecule has 1 N–H and O–H groups in total. The molecule has 86 valence electrons. The highest BCUT2D eigenvalue weighted by Gasteiger charge is 2.52. The Morgan fingerprint density at radius 2 is 1.94 bits per heavy atom. The first kappa shape index (κ1) is 10.8. The SMILES string of the molecule is O=C(O)C1(c2cc(Br)cc3ccccc23)CC1. The van der Waals surface area contributed by atoms with Gasteiger partial charge in [0.05, 0.1) is 5.41 Å². The molecule has 0 aliphatic heterocycles. The van der Waals surface area contributed by atoms with E-state index in [2.05, 4.69) is 15.9 Å². The average molecular weight is 291 g/mol. The third-order valence-corrected chi connectivity index (χ3v) is 3.96. The largest absolute Gasteiger partial charge is 0.481 e. The summed E-state index contributed by atoms with van der Waals surface area (Å²) in [5, 5.41) is 11.5. The minimum Gasteiger partial charge on any atom is -0.481 e. The fourth-order valence-electron chi connectivity index (χ4n) is 2.39. The molecule has 0 bridgehead atoms. The molecule has 17 heavy (non-hydrogen) atoms. The van der Waals surface area contributed by atoms with Crippen molar-refractivity contribution in [1.29, 1.82) is 0 Å². The van der Waals surface area contributed by atoms with Crippen LogP contribution in [0.25, 0.3) is 10.8 Å². The zero-order chi connectivity index (χ0) is 12.0. The molecule has 2 aromatic rings. The minimum atomic E-state index is -0.708. The van der Waals surface area contributed by atoms with Crippen molar-refractivity contribution in [2.45, 2.75) is 18.3 Å². The monoisotopic (exact) mass is 290 g/mol. The number of hydrogen-bond acceptors (Lipinski definition) is 1. The molecule has 2 aromatic carbocycles. The van der Waals surface area contributed by atoms with Gasteiger partial charge in [-0.2, -0.15) is 0 Å². The number of carboxylic acid groups (broad SMARTS) is 1. The Bertz CT molecular complexity index is 615. The molecule has 0 amide bonds. The van der Waals surface area contributed by atoms with E-state index in [0.717, 1.165) is 33.7 Å². The Morgan fingerprint density at radius 3 is 2.59 bits per heavy atom. The second-order valence-electron chi connectivity index (χ2n) is 4.56. The molecule has 3 heteroatoms. The Morgan fingerprint density at radius 1 is 1.24 bits per heavy atom. The quantitative estimate of drug-likeness (QED) is 0.915. The highest BCUT2D eigenvalue weighted by atomic mass is 79.9. The van der Waals surface area contributed by atoms with Crippen LogP contribution in [0.4, 0.5) is 0 Å². The first-order valence-corrected chi connectivity index (χ1v) is 6.35. The van der Waals surface area contributed by atoms with Crippen LogP contribution in [0.5, 0.6) is 0 Å². The lowest BCUT2D eigenvalue weighted by Crippen LogP contribution is -2.19. The van der Waals surface area contributed by atoms with Crippen molar-refractivity contribution in [3.05, 3.63) is 46.4 Å². The third-order valence-electron chi connectivity index (χ3n) is 3.50. The summed E-state index contributed by atoms with van der Waals surface area (Å²) in [6.45, 7) is 0. The van der Waals surface area contributed by atoms with E-state index in [9.17, 15) is 9.90 Å². The van der Waals surface area contributed by atoms with Crippen molar-refractivity contribution >= 4 is 32.7 Å². The van der Waals surface area contributed by atoms with Crippen molar-refractivity contribution in [1.82, 2.24) is 0 Å². The van der Waals surface area contributed by atoms with Gasteiger partial charge in [0, 0.05) is 4.47 Å². The van der Waals surface area contributed by atoms with Crippen LogP contribution in [0, 0.1) is 0 Å². The van der Waals surface area contributed by atoms with Crippen molar-refractivity contribution in [2.75, 3.05) is 0 Å². The summed E-state index contributed by atoms with van der Waals surface area (Å²) in [5.74, 6) is -0.708. The number of benzene rings is 2. The first-order chi connectivity index (χ1) is 8.13. The Hall–Kier alpha value is -1.35. The second-order valence-corrected chi connectivity index (χ2v) is 5.48. The maximum absolute atomic E-state index is 11.4. The number of halogens is 1. The van der Waals surface area contributed by atoms with Gasteiger partial charge in [-0.05, 0) is 41.3 Å². The molecular weight excluding hydrogens is 280 g/mol. The fourth-order valence-corrected chi connectivity index (χ4v) is 2.87. The molecule has 0 aromatic heterocycles. The summed E-state index contributed by atoms with van der Waals surface area (Å²) in [7, 11) is 0. The number of rotatable bonds is 2. The van der Waals surface area contributed by atoms with Gasteiger partial charge < -0.3 is 5.11 Å². The molecule has 3 rings (SSSR count). The summed E-state index contributed by atoms with van der Waals surface area (Å²) in [5.41, 5.74) is 0.290. The summed E-state index contributed by atoms with van der Waals surface area (Å²) in [6.07, 6.45) is 1.48. The van der Waals surface area contributed by atoms with E-state index in [1.165, 1.54) is 0 Å². The van der Waals surface area contributed by atoms with Crippen molar-refractivity contribution in [3.63, 3.8) is 0 Å². The van der Waals surface area contributed by atoms with E-state index in [1.807, 2.05) is 36.4 Å². The molecule has 2 nitrogen and oxygen atoms in total. The van der Waals surface area contributed by atoms with Crippen LogP contribution in [0.3, 0.4) is 0 Å². The lowest BCUT2D eigenvalue weighted by atomic mass is 9.91. The lowest BCUT2D eigenvalue weighted by molar-refractivity contribution is -0.139. The van der Waals surface area contributed by atoms with Gasteiger partial charge in [-0.1, -0.05) is 40.2 Å². The van der Waals surface area contributed by atoms with Gasteiger partial charge in [-0.15, -0.1) is 0 Å². The van der Waals surface area contributed by atoms with Gasteiger partial charge in [0.1, 0.15) is 0 Å². The fraction of sp³-hybridized carbons (Fsp3) is 0.214. The number of carbonyl (C=O) groups is 1. The predicted molar refractivity (Wildman–Crippen MR) is 70.2 cm³/mol. The number of carboxylic acids is 1. The van der Waals surface area contributed by atoms with Crippen LogP contribution < -0.4 is 0 Å². The van der Waals surface area contributed by atoms with Gasteiger partial charge in [-0.25, -0.2) is 0 Å². The van der Waals surface area contributed by atoms with Crippen molar-refractivity contribution < 1.29 is 9.90 Å². The van der Waals surface area contributed by atoms with Crippen LogP contribution in [0.1, 0.15) is 18.4 Å². The highest BCUT2D eigenvalue weighted by molar-refractivity contribution is 9.10. The van der Waals surface area contributed by atoms with Crippen LogP contribution in [0.2, 0.25) is 0 Å². The summed E-state index contributed by atoms with van der Waals surface area (Å²) in [4.78, 5) is 11.4. The number of aliphatic carboxylic acids is 1. The van der Waals surface area contributed by atoms with Gasteiger partial charge in [0.15, 0.2) is 0 Å². The number of hydrogen-bond donors (Lipinski definition) is 1. The molecule has 0 radical (unpaired) electrons. The third kappa shape index (κ3) is 1.57. The Labute approximate surface area is 107 Å². The van der Waals surface area contributed by atoms with Crippen molar-refractivity contribution in [2.24, 2.45) is 0 Å². The van der Waals surface area contributed by atoms with Gasteiger partial charge >= 0.3 is 5.97 Å². The van der Waals surface area contributed by atoms with Crippen molar-refractivity contribution in [3.8, 4) is 0 Å². The molecular formula is C14H11BrO2. The molecule has 0 atom stereocenters. The highest BCUT2D eigenvalue weighted by Crippen LogP contribution is 2.51. The standard InChI is InChI=1S/C14H11BrO2/c15-10-7-9-3-1-2-4-11(9)12(8-10)14(5-6-14)13(16)17/h1-4,7-8H,5-6H2,(H,16,17). The second kappa shape index (κ2) is 3.57. The van der Waals surface area contributed by atoms with E-state index >= 15 is 0 Å². The zero-order valence-corrected chi connectivity index (χ0v) is 10.7. The maximum Gasteiger partial charge on any atom is 0.314 e. The molecule has 1 aliphatic carbocycles. The zero-order valence-electron chi connectivity index (χ0n) is 9.11. The molecule has 0 heterocycles. The van der Waals surface area contributed by atoms with Crippen LogP contribution in [-0.2, 0) is 10.2 Å². The Balaban J connectivity index is 2.32. The number of fused-ring (bicyclic) bond motifs is 1. The minimum absolute atomic E-state index is 0.649. The molecule has 1 fully saturated rings. The smallest absolute Gasteiger partial charge is 0.314 e. The molecule has 0 saturated heterocycles. The topological polar surface area (TPSA) is 37.3 Å². The van der Waals surface area contributed by atoms with Gasteiger partial charge in [-0.3, -0.25) is 4.79 Å².